The Labute approximate surface area is 123 Å². The normalized spacial score (nSPS) is 13.5. The molecule has 0 heterocycles. The summed E-state index contributed by atoms with van der Waals surface area (Å²) < 4.78 is 54.3. The lowest BCUT2D eigenvalue weighted by atomic mass is 10.1. The van der Waals surface area contributed by atoms with E-state index in [9.17, 15) is 17.6 Å². The van der Waals surface area contributed by atoms with Crippen molar-refractivity contribution in [2.75, 3.05) is 19.8 Å². The third-order valence-electron chi connectivity index (χ3n) is 2.56. The Hall–Kier alpha value is -0.660. The summed E-state index contributed by atoms with van der Waals surface area (Å²) in [5.74, 6) is -0.367. The number of nitrogens with one attached hydrogen (secondary N) is 1. The van der Waals surface area contributed by atoms with E-state index in [1.165, 1.54) is 12.1 Å². The van der Waals surface area contributed by atoms with Crippen molar-refractivity contribution < 1.29 is 22.3 Å². The van der Waals surface area contributed by atoms with Crippen molar-refractivity contribution in [1.82, 2.24) is 5.32 Å². The predicted octanol–water partition coefficient (Wildman–Crippen LogP) is 3.69. The molecule has 0 radical (unpaired) electrons. The van der Waals surface area contributed by atoms with Crippen LogP contribution in [0, 0.1) is 5.82 Å². The van der Waals surface area contributed by atoms with Crippen LogP contribution >= 0.6 is 15.9 Å². The second kappa shape index (κ2) is 7.95. The molecule has 1 unspecified atom stereocenters. The zero-order valence-electron chi connectivity index (χ0n) is 10.9. The van der Waals surface area contributed by atoms with E-state index in [0.717, 1.165) is 5.56 Å². The lowest BCUT2D eigenvalue weighted by molar-refractivity contribution is -0.175. The van der Waals surface area contributed by atoms with Crippen LogP contribution in [0.3, 0.4) is 0 Å². The SMILES string of the molecule is CCNC(COCC(F)(F)F)Cc1ccc(F)cc1Br. The van der Waals surface area contributed by atoms with Gasteiger partial charge in [0.25, 0.3) is 0 Å². The number of ether oxygens (including phenoxy) is 1. The molecule has 1 atom stereocenters. The van der Waals surface area contributed by atoms with Crippen LogP contribution in [0.4, 0.5) is 17.6 Å². The molecule has 1 N–H and O–H groups in total. The van der Waals surface area contributed by atoms with Gasteiger partial charge in [-0.1, -0.05) is 28.9 Å². The van der Waals surface area contributed by atoms with Gasteiger partial charge in [-0.3, -0.25) is 0 Å². The molecular weight excluding hydrogens is 342 g/mol. The maximum atomic E-state index is 13.0. The zero-order valence-corrected chi connectivity index (χ0v) is 12.5. The third-order valence-corrected chi connectivity index (χ3v) is 3.30. The van der Waals surface area contributed by atoms with Gasteiger partial charge in [0.15, 0.2) is 0 Å². The van der Waals surface area contributed by atoms with Crippen LogP contribution in [0.2, 0.25) is 0 Å². The van der Waals surface area contributed by atoms with E-state index in [-0.39, 0.29) is 18.5 Å². The van der Waals surface area contributed by atoms with Crippen LogP contribution in [0.5, 0.6) is 0 Å². The molecule has 0 saturated carbocycles. The molecule has 7 heteroatoms. The molecule has 0 saturated heterocycles. The Morgan fingerprint density at radius 1 is 1.35 bits per heavy atom. The highest BCUT2D eigenvalue weighted by atomic mass is 79.9. The van der Waals surface area contributed by atoms with E-state index >= 15 is 0 Å². The molecular formula is C13H16BrF4NO. The molecule has 0 spiro atoms. The first kappa shape index (κ1) is 17.4. The van der Waals surface area contributed by atoms with Crippen molar-refractivity contribution in [3.8, 4) is 0 Å². The first-order valence-corrected chi connectivity index (χ1v) is 6.93. The standard InChI is InChI=1S/C13H16BrF4NO/c1-2-19-11(7-20-8-13(16,17)18)5-9-3-4-10(15)6-12(9)14/h3-4,6,11,19H,2,5,7-8H2,1H3. The molecule has 114 valence electrons. The molecule has 1 aromatic carbocycles. The van der Waals surface area contributed by atoms with Gasteiger partial charge >= 0.3 is 6.18 Å². The second-order valence-electron chi connectivity index (χ2n) is 4.32. The highest BCUT2D eigenvalue weighted by molar-refractivity contribution is 9.10. The molecule has 0 aromatic heterocycles. The number of likely N-dealkylation sites (N-methyl/N-ethyl adjacent to an activating group) is 1. The highest BCUT2D eigenvalue weighted by Gasteiger charge is 2.28. The molecule has 20 heavy (non-hydrogen) atoms. The monoisotopic (exact) mass is 357 g/mol. The van der Waals surface area contributed by atoms with Crippen LogP contribution in [0.15, 0.2) is 22.7 Å². The Kier molecular flexibility index (Phi) is 6.91. The molecule has 1 rings (SSSR count). The topological polar surface area (TPSA) is 21.3 Å². The van der Waals surface area contributed by atoms with E-state index in [2.05, 4.69) is 26.0 Å². The van der Waals surface area contributed by atoms with E-state index in [1.807, 2.05) is 6.92 Å². The Bertz CT molecular complexity index is 425. The van der Waals surface area contributed by atoms with Crippen LogP contribution < -0.4 is 5.32 Å². The van der Waals surface area contributed by atoms with Gasteiger partial charge in [-0.05, 0) is 30.7 Å². The number of halogens is 5. The fourth-order valence-corrected chi connectivity index (χ4v) is 2.26. The number of alkyl halides is 3. The number of hydrogen-bond donors (Lipinski definition) is 1. The minimum absolute atomic E-state index is 0.0584. The van der Waals surface area contributed by atoms with Gasteiger partial charge < -0.3 is 10.1 Å². The molecule has 2 nitrogen and oxygen atoms in total. The van der Waals surface area contributed by atoms with Crippen molar-refractivity contribution in [2.45, 2.75) is 25.6 Å². The highest BCUT2D eigenvalue weighted by Crippen LogP contribution is 2.20. The average molecular weight is 358 g/mol. The summed E-state index contributed by atoms with van der Waals surface area (Å²) >= 11 is 3.24. The van der Waals surface area contributed by atoms with Gasteiger partial charge in [-0.15, -0.1) is 0 Å². The number of hydrogen-bond acceptors (Lipinski definition) is 2. The molecule has 0 aliphatic rings. The largest absolute Gasteiger partial charge is 0.411 e. The molecule has 0 aliphatic carbocycles. The maximum Gasteiger partial charge on any atom is 0.411 e. The van der Waals surface area contributed by atoms with Crippen LogP contribution in [-0.4, -0.2) is 32.0 Å². The van der Waals surface area contributed by atoms with Crippen LogP contribution in [0.1, 0.15) is 12.5 Å². The third kappa shape index (κ3) is 6.67. The summed E-state index contributed by atoms with van der Waals surface area (Å²) in [6.45, 7) is 1.14. The van der Waals surface area contributed by atoms with Crippen molar-refractivity contribution >= 4 is 15.9 Å². The fraction of sp³-hybridized carbons (Fsp3) is 0.538. The first-order chi connectivity index (χ1) is 9.31. The van der Waals surface area contributed by atoms with Gasteiger partial charge in [-0.25, -0.2) is 4.39 Å². The van der Waals surface area contributed by atoms with Crippen molar-refractivity contribution in [3.63, 3.8) is 0 Å². The van der Waals surface area contributed by atoms with Gasteiger partial charge in [-0.2, -0.15) is 13.2 Å². The lowest BCUT2D eigenvalue weighted by Gasteiger charge is -2.19. The minimum Gasteiger partial charge on any atom is -0.370 e. The summed E-state index contributed by atoms with van der Waals surface area (Å²) in [5, 5.41) is 3.05. The Morgan fingerprint density at radius 3 is 2.60 bits per heavy atom. The zero-order chi connectivity index (χ0) is 15.2. The second-order valence-corrected chi connectivity index (χ2v) is 5.18. The van der Waals surface area contributed by atoms with E-state index < -0.39 is 12.8 Å². The van der Waals surface area contributed by atoms with Gasteiger partial charge in [0.2, 0.25) is 0 Å². The Balaban J connectivity index is 2.57. The van der Waals surface area contributed by atoms with E-state index in [0.29, 0.717) is 17.4 Å². The van der Waals surface area contributed by atoms with Crippen molar-refractivity contribution in [3.05, 3.63) is 34.1 Å². The fourth-order valence-electron chi connectivity index (χ4n) is 1.75. The van der Waals surface area contributed by atoms with Crippen molar-refractivity contribution in [1.29, 1.82) is 0 Å². The summed E-state index contributed by atoms with van der Waals surface area (Å²) in [7, 11) is 0. The van der Waals surface area contributed by atoms with E-state index in [1.54, 1.807) is 6.07 Å². The quantitative estimate of drug-likeness (QED) is 0.751. The van der Waals surface area contributed by atoms with Crippen LogP contribution in [0.25, 0.3) is 0 Å². The minimum atomic E-state index is -4.33. The smallest absolute Gasteiger partial charge is 0.370 e. The lowest BCUT2D eigenvalue weighted by Crippen LogP contribution is -2.36. The van der Waals surface area contributed by atoms with E-state index in [4.69, 9.17) is 0 Å². The Morgan fingerprint density at radius 2 is 2.05 bits per heavy atom. The first-order valence-electron chi connectivity index (χ1n) is 6.13. The molecule has 0 bridgehead atoms. The van der Waals surface area contributed by atoms with Crippen LogP contribution in [-0.2, 0) is 11.2 Å². The predicted molar refractivity (Wildman–Crippen MR) is 72.1 cm³/mol. The number of rotatable bonds is 7. The summed E-state index contributed by atoms with van der Waals surface area (Å²) in [6.07, 6.45) is -3.88. The molecule has 1 aromatic rings. The molecule has 0 fully saturated rings. The molecule has 0 aliphatic heterocycles. The average Bonchev–Trinajstić information content (AvgIpc) is 2.31. The van der Waals surface area contributed by atoms with Gasteiger partial charge in [0.05, 0.1) is 6.61 Å². The maximum absolute atomic E-state index is 13.0. The van der Waals surface area contributed by atoms with Crippen molar-refractivity contribution in [2.24, 2.45) is 0 Å². The summed E-state index contributed by atoms with van der Waals surface area (Å²) in [5.41, 5.74) is 0.813. The summed E-state index contributed by atoms with van der Waals surface area (Å²) in [4.78, 5) is 0. The number of benzene rings is 1. The summed E-state index contributed by atoms with van der Waals surface area (Å²) in [6, 6.07) is 3.99. The van der Waals surface area contributed by atoms with Gasteiger partial charge in [0, 0.05) is 10.5 Å². The van der Waals surface area contributed by atoms with Gasteiger partial charge in [0.1, 0.15) is 12.4 Å². The molecule has 0 amide bonds.